The molecule has 1 aromatic carbocycles. The summed E-state index contributed by atoms with van der Waals surface area (Å²) in [4.78, 5) is 29.9. The summed E-state index contributed by atoms with van der Waals surface area (Å²) in [5.41, 5.74) is 2.28. The summed E-state index contributed by atoms with van der Waals surface area (Å²) in [5.74, 6) is -1.14. The first-order valence-corrected chi connectivity index (χ1v) is 7.47. The number of carbonyl (C=O) groups excluding carboxylic acids is 1. The Morgan fingerprint density at radius 3 is 2.82 bits per heavy atom. The van der Waals surface area contributed by atoms with Crippen molar-refractivity contribution in [2.45, 2.75) is 32.2 Å². The van der Waals surface area contributed by atoms with Crippen LogP contribution in [0.2, 0.25) is 0 Å². The van der Waals surface area contributed by atoms with E-state index < -0.39 is 12.0 Å². The van der Waals surface area contributed by atoms with Crippen LogP contribution in [0.1, 0.15) is 35.3 Å². The molecule has 1 aliphatic rings. The van der Waals surface area contributed by atoms with Crippen LogP contribution in [0.15, 0.2) is 30.3 Å². The van der Waals surface area contributed by atoms with Crippen LogP contribution < -0.4 is 0 Å². The molecular weight excluding hydrogens is 280 g/mol. The van der Waals surface area contributed by atoms with Crippen LogP contribution in [0.25, 0.3) is 10.9 Å². The summed E-state index contributed by atoms with van der Waals surface area (Å²) in [5, 5.41) is 10.2. The predicted octanol–water partition coefficient (Wildman–Crippen LogP) is 2.62. The molecule has 1 aliphatic heterocycles. The summed E-state index contributed by atoms with van der Waals surface area (Å²) in [7, 11) is 0. The number of benzene rings is 1. The third-order valence-corrected chi connectivity index (χ3v) is 4.12. The number of pyridine rings is 1. The monoisotopic (exact) mass is 298 g/mol. The van der Waals surface area contributed by atoms with Gasteiger partial charge in [0.2, 0.25) is 0 Å². The largest absolute Gasteiger partial charge is 0.480 e. The Balaban J connectivity index is 1.93. The smallest absolute Gasteiger partial charge is 0.326 e. The van der Waals surface area contributed by atoms with Gasteiger partial charge in [-0.2, -0.15) is 0 Å². The van der Waals surface area contributed by atoms with E-state index in [0.717, 1.165) is 29.4 Å². The van der Waals surface area contributed by atoms with Crippen molar-refractivity contribution in [1.82, 2.24) is 9.88 Å². The Morgan fingerprint density at radius 2 is 2.05 bits per heavy atom. The van der Waals surface area contributed by atoms with E-state index in [4.69, 9.17) is 0 Å². The highest BCUT2D eigenvalue weighted by Crippen LogP contribution is 2.22. The predicted molar refractivity (Wildman–Crippen MR) is 82.8 cm³/mol. The average Bonchev–Trinajstić information content (AvgIpc) is 2.53. The Hall–Kier alpha value is -2.43. The second-order valence-corrected chi connectivity index (χ2v) is 5.71. The van der Waals surface area contributed by atoms with E-state index >= 15 is 0 Å². The highest BCUT2D eigenvalue weighted by atomic mass is 16.4. The van der Waals surface area contributed by atoms with Crippen LogP contribution in [0.4, 0.5) is 0 Å². The minimum absolute atomic E-state index is 0.213. The molecule has 22 heavy (non-hydrogen) atoms. The first kappa shape index (κ1) is 14.5. The number of carboxylic acids is 1. The van der Waals surface area contributed by atoms with Crippen LogP contribution in [-0.2, 0) is 4.79 Å². The topological polar surface area (TPSA) is 70.5 Å². The lowest BCUT2D eigenvalue weighted by Gasteiger charge is -2.33. The highest BCUT2D eigenvalue weighted by molar-refractivity contribution is 5.99. The molecule has 0 saturated carbocycles. The number of nitrogens with zero attached hydrogens (tertiary/aromatic N) is 2. The minimum atomic E-state index is -0.925. The molecule has 1 N–H and O–H groups in total. The lowest BCUT2D eigenvalue weighted by atomic mass is 10.0. The molecule has 0 radical (unpaired) electrons. The molecular formula is C17H18N2O3. The van der Waals surface area contributed by atoms with E-state index in [2.05, 4.69) is 4.98 Å². The molecule has 5 heteroatoms. The van der Waals surface area contributed by atoms with E-state index in [-0.39, 0.29) is 5.91 Å². The van der Waals surface area contributed by atoms with Gasteiger partial charge in [0.25, 0.3) is 5.91 Å². The van der Waals surface area contributed by atoms with E-state index in [1.165, 1.54) is 4.90 Å². The van der Waals surface area contributed by atoms with Crippen LogP contribution >= 0.6 is 0 Å². The van der Waals surface area contributed by atoms with Crippen LogP contribution in [0.5, 0.6) is 0 Å². The molecule has 2 heterocycles. The Bertz CT molecular complexity index is 742. The molecule has 5 nitrogen and oxygen atoms in total. The number of fused-ring (bicyclic) bond motifs is 1. The number of hydrogen-bond acceptors (Lipinski definition) is 3. The van der Waals surface area contributed by atoms with Gasteiger partial charge in [-0.1, -0.05) is 6.07 Å². The third-order valence-electron chi connectivity index (χ3n) is 4.12. The summed E-state index contributed by atoms with van der Waals surface area (Å²) in [6.45, 7) is 2.42. The number of aliphatic carboxylic acids is 1. The molecule has 0 aliphatic carbocycles. The maximum absolute atomic E-state index is 12.7. The highest BCUT2D eigenvalue weighted by Gasteiger charge is 2.32. The van der Waals surface area contributed by atoms with Crippen LogP contribution in [0, 0.1) is 6.92 Å². The van der Waals surface area contributed by atoms with Gasteiger partial charge in [0, 0.05) is 23.2 Å². The summed E-state index contributed by atoms with van der Waals surface area (Å²) < 4.78 is 0. The lowest BCUT2D eigenvalue weighted by Crippen LogP contribution is -2.47. The number of piperidine rings is 1. The maximum Gasteiger partial charge on any atom is 0.326 e. The van der Waals surface area contributed by atoms with Crippen LogP contribution in [-0.4, -0.2) is 39.5 Å². The fraction of sp³-hybridized carbons (Fsp3) is 0.353. The number of likely N-dealkylation sites (tertiary alicyclic amines) is 1. The number of aromatic nitrogens is 1. The van der Waals surface area contributed by atoms with Gasteiger partial charge in [-0.3, -0.25) is 9.78 Å². The number of carboxylic acid groups (broad SMARTS) is 1. The molecule has 2 aromatic rings. The zero-order valence-corrected chi connectivity index (χ0v) is 12.5. The van der Waals surface area contributed by atoms with Gasteiger partial charge in [0.05, 0.1) is 5.52 Å². The molecule has 1 aromatic heterocycles. The molecule has 0 bridgehead atoms. The second-order valence-electron chi connectivity index (χ2n) is 5.71. The molecule has 114 valence electrons. The standard InChI is InChI=1S/C17H18N2O3/c1-11-5-6-12-10-13(7-8-14(12)18-11)16(20)19-9-3-2-4-15(19)17(21)22/h5-8,10,15H,2-4,9H2,1H3,(H,21,22). The van der Waals surface area contributed by atoms with Crippen molar-refractivity contribution >= 4 is 22.8 Å². The van der Waals surface area contributed by atoms with E-state index in [0.29, 0.717) is 18.5 Å². The minimum Gasteiger partial charge on any atom is -0.480 e. The summed E-state index contributed by atoms with van der Waals surface area (Å²) >= 11 is 0. The van der Waals surface area contributed by atoms with Crippen molar-refractivity contribution in [1.29, 1.82) is 0 Å². The maximum atomic E-state index is 12.7. The van der Waals surface area contributed by atoms with Crippen molar-refractivity contribution in [3.05, 3.63) is 41.6 Å². The molecule has 0 spiro atoms. The molecule has 3 rings (SSSR count). The molecule has 1 fully saturated rings. The van der Waals surface area contributed by atoms with Crippen molar-refractivity contribution < 1.29 is 14.7 Å². The Labute approximate surface area is 128 Å². The van der Waals surface area contributed by atoms with Crippen molar-refractivity contribution in [3.63, 3.8) is 0 Å². The van der Waals surface area contributed by atoms with Gasteiger partial charge >= 0.3 is 5.97 Å². The van der Waals surface area contributed by atoms with Gasteiger partial charge < -0.3 is 10.0 Å². The number of rotatable bonds is 2. The van der Waals surface area contributed by atoms with Crippen molar-refractivity contribution in [3.8, 4) is 0 Å². The zero-order valence-electron chi connectivity index (χ0n) is 12.5. The van der Waals surface area contributed by atoms with Crippen LogP contribution in [0.3, 0.4) is 0 Å². The Kier molecular flexibility index (Phi) is 3.79. The van der Waals surface area contributed by atoms with Gasteiger partial charge in [-0.25, -0.2) is 4.79 Å². The molecule has 1 unspecified atom stereocenters. The van der Waals surface area contributed by atoms with Gasteiger partial charge in [-0.05, 0) is 50.5 Å². The number of amides is 1. The quantitative estimate of drug-likeness (QED) is 0.925. The first-order valence-electron chi connectivity index (χ1n) is 7.47. The number of hydrogen-bond donors (Lipinski definition) is 1. The SMILES string of the molecule is Cc1ccc2cc(C(=O)N3CCCCC3C(=O)O)ccc2n1. The zero-order chi connectivity index (χ0) is 15.7. The van der Waals surface area contributed by atoms with Gasteiger partial charge in [0.1, 0.15) is 6.04 Å². The van der Waals surface area contributed by atoms with Crippen molar-refractivity contribution in [2.75, 3.05) is 6.54 Å². The lowest BCUT2D eigenvalue weighted by molar-refractivity contribution is -0.143. The fourth-order valence-electron chi connectivity index (χ4n) is 2.96. The third kappa shape index (κ3) is 2.66. The normalized spacial score (nSPS) is 18.4. The molecule has 1 amide bonds. The van der Waals surface area contributed by atoms with Gasteiger partial charge in [-0.15, -0.1) is 0 Å². The van der Waals surface area contributed by atoms with E-state index in [1.807, 2.05) is 25.1 Å². The molecule has 1 atom stereocenters. The van der Waals surface area contributed by atoms with Crippen molar-refractivity contribution in [2.24, 2.45) is 0 Å². The van der Waals surface area contributed by atoms with E-state index in [9.17, 15) is 14.7 Å². The second kappa shape index (κ2) is 5.75. The van der Waals surface area contributed by atoms with E-state index in [1.54, 1.807) is 12.1 Å². The number of carbonyl (C=O) groups is 2. The average molecular weight is 298 g/mol. The summed E-state index contributed by atoms with van der Waals surface area (Å²) in [6, 6.07) is 8.45. The Morgan fingerprint density at radius 1 is 1.23 bits per heavy atom. The first-order chi connectivity index (χ1) is 10.6. The van der Waals surface area contributed by atoms with Gasteiger partial charge in [0.15, 0.2) is 0 Å². The molecule has 1 saturated heterocycles. The fourth-order valence-corrected chi connectivity index (χ4v) is 2.96. The number of aryl methyl sites for hydroxylation is 1. The summed E-state index contributed by atoms with van der Waals surface area (Å²) in [6.07, 6.45) is 2.22.